The number of carbonyl (C=O) groups is 2. The Hall–Kier alpha value is -3.71. The Labute approximate surface area is 202 Å². The minimum atomic E-state index is -0.630. The van der Waals surface area contributed by atoms with E-state index in [1.54, 1.807) is 4.90 Å². The standard InChI is InChI=1S/C27H24N4O2S/c1-3-22(25(32)28-19-15-13-17(2)14-16-19)34-27-29-21-12-8-7-11-20(21)24-30-23(26(33)31(24)27)18-9-5-4-6-10-18/h4-16,22-23H,3H2,1-2H3,(H,28,32). The number of amides is 2. The zero-order chi connectivity index (χ0) is 23.7. The van der Waals surface area contributed by atoms with E-state index in [9.17, 15) is 9.59 Å². The van der Waals surface area contributed by atoms with E-state index in [4.69, 9.17) is 9.98 Å². The fourth-order valence-corrected chi connectivity index (χ4v) is 5.01. The van der Waals surface area contributed by atoms with Gasteiger partial charge in [-0.05, 0) is 43.2 Å². The number of amidine groups is 2. The van der Waals surface area contributed by atoms with Crippen molar-refractivity contribution in [3.05, 3.63) is 95.6 Å². The smallest absolute Gasteiger partial charge is 0.263 e. The number of benzene rings is 3. The number of aliphatic imine (C=N–C) groups is 2. The molecule has 0 fully saturated rings. The molecule has 0 saturated carbocycles. The number of aryl methyl sites for hydroxylation is 1. The lowest BCUT2D eigenvalue weighted by Gasteiger charge is -2.27. The van der Waals surface area contributed by atoms with Gasteiger partial charge < -0.3 is 5.32 Å². The second-order valence-corrected chi connectivity index (χ2v) is 9.39. The van der Waals surface area contributed by atoms with Crippen molar-refractivity contribution in [2.24, 2.45) is 9.98 Å². The molecule has 6 nitrogen and oxygen atoms in total. The van der Waals surface area contributed by atoms with E-state index >= 15 is 0 Å². The van der Waals surface area contributed by atoms with Gasteiger partial charge in [-0.3, -0.25) is 9.59 Å². The Balaban J connectivity index is 1.45. The van der Waals surface area contributed by atoms with Gasteiger partial charge in [-0.1, -0.05) is 78.8 Å². The van der Waals surface area contributed by atoms with Crippen molar-refractivity contribution in [3.8, 4) is 0 Å². The first-order valence-corrected chi connectivity index (χ1v) is 12.1. The van der Waals surface area contributed by atoms with Crippen molar-refractivity contribution >= 4 is 46.0 Å². The van der Waals surface area contributed by atoms with E-state index in [2.05, 4.69) is 5.32 Å². The lowest BCUT2D eigenvalue weighted by atomic mass is 10.1. The van der Waals surface area contributed by atoms with Gasteiger partial charge in [0.25, 0.3) is 5.91 Å². The lowest BCUT2D eigenvalue weighted by Crippen LogP contribution is -2.41. The van der Waals surface area contributed by atoms with Crippen LogP contribution in [0.15, 0.2) is 88.8 Å². The van der Waals surface area contributed by atoms with Crippen LogP contribution in [0.3, 0.4) is 0 Å². The summed E-state index contributed by atoms with van der Waals surface area (Å²) in [4.78, 5) is 37.8. The van der Waals surface area contributed by atoms with Crippen LogP contribution in [0.1, 0.15) is 36.1 Å². The number of rotatable bonds is 5. The zero-order valence-electron chi connectivity index (χ0n) is 18.9. The fourth-order valence-electron chi connectivity index (χ4n) is 3.99. The van der Waals surface area contributed by atoms with Crippen LogP contribution in [0.5, 0.6) is 0 Å². The van der Waals surface area contributed by atoms with E-state index in [-0.39, 0.29) is 11.8 Å². The van der Waals surface area contributed by atoms with Crippen LogP contribution in [0.25, 0.3) is 0 Å². The highest BCUT2D eigenvalue weighted by atomic mass is 32.2. The van der Waals surface area contributed by atoms with Crippen LogP contribution in [-0.2, 0) is 9.59 Å². The van der Waals surface area contributed by atoms with Gasteiger partial charge in [0.1, 0.15) is 5.84 Å². The molecule has 0 aliphatic carbocycles. The monoisotopic (exact) mass is 468 g/mol. The van der Waals surface area contributed by atoms with Gasteiger partial charge in [0, 0.05) is 11.3 Å². The Kier molecular flexibility index (Phi) is 6.02. The van der Waals surface area contributed by atoms with E-state index in [0.29, 0.717) is 17.4 Å². The molecule has 0 aromatic heterocycles. The molecule has 1 N–H and O–H groups in total. The minimum absolute atomic E-state index is 0.123. The summed E-state index contributed by atoms with van der Waals surface area (Å²) in [7, 11) is 0. The largest absolute Gasteiger partial charge is 0.325 e. The number of nitrogens with zero attached hydrogens (tertiary/aromatic N) is 3. The molecule has 170 valence electrons. The number of anilines is 1. The molecule has 2 aliphatic rings. The molecule has 0 bridgehead atoms. The summed E-state index contributed by atoms with van der Waals surface area (Å²) in [6.07, 6.45) is 0.583. The maximum atomic E-state index is 13.5. The Morgan fingerprint density at radius 1 is 1.03 bits per heavy atom. The SMILES string of the molecule is CCC(SC1=Nc2ccccc2C2=NC(c3ccccc3)C(=O)N12)C(=O)Nc1ccc(C)cc1. The number of nitrogens with one attached hydrogen (secondary N) is 1. The molecule has 2 heterocycles. The molecule has 0 saturated heterocycles. The first-order chi connectivity index (χ1) is 16.5. The first kappa shape index (κ1) is 22.1. The molecule has 3 aromatic rings. The Bertz CT molecular complexity index is 1300. The van der Waals surface area contributed by atoms with E-state index in [1.165, 1.54) is 11.8 Å². The summed E-state index contributed by atoms with van der Waals surface area (Å²) in [6, 6.07) is 24.3. The summed E-state index contributed by atoms with van der Waals surface area (Å²) in [5.41, 5.74) is 4.27. The second kappa shape index (κ2) is 9.27. The summed E-state index contributed by atoms with van der Waals surface area (Å²) < 4.78 is 0. The summed E-state index contributed by atoms with van der Waals surface area (Å²) in [5.74, 6) is 0.305. The summed E-state index contributed by atoms with van der Waals surface area (Å²) in [6.45, 7) is 3.96. The molecule has 34 heavy (non-hydrogen) atoms. The molecule has 2 atom stereocenters. The van der Waals surface area contributed by atoms with E-state index in [0.717, 1.165) is 28.1 Å². The third kappa shape index (κ3) is 4.15. The van der Waals surface area contributed by atoms with Gasteiger partial charge in [0.05, 0.1) is 10.9 Å². The Morgan fingerprint density at radius 2 is 1.74 bits per heavy atom. The predicted molar refractivity (Wildman–Crippen MR) is 138 cm³/mol. The summed E-state index contributed by atoms with van der Waals surface area (Å²) >= 11 is 1.30. The number of para-hydroxylation sites is 1. The number of hydrogen-bond donors (Lipinski definition) is 1. The van der Waals surface area contributed by atoms with Crippen LogP contribution in [-0.4, -0.2) is 33.0 Å². The van der Waals surface area contributed by atoms with Crippen molar-refractivity contribution < 1.29 is 9.59 Å². The van der Waals surface area contributed by atoms with Gasteiger partial charge in [0.15, 0.2) is 11.2 Å². The molecule has 7 heteroatoms. The highest BCUT2D eigenvalue weighted by Gasteiger charge is 2.43. The third-order valence-corrected chi connectivity index (χ3v) is 7.13. The molecular formula is C27H24N4O2S. The number of hydrogen-bond acceptors (Lipinski definition) is 5. The number of thioether (sulfide) groups is 1. The fraction of sp³-hybridized carbons (Fsp3) is 0.185. The maximum absolute atomic E-state index is 13.5. The molecule has 2 unspecified atom stereocenters. The second-order valence-electron chi connectivity index (χ2n) is 8.22. The average molecular weight is 469 g/mol. The maximum Gasteiger partial charge on any atom is 0.263 e. The number of carbonyl (C=O) groups excluding carboxylic acids is 2. The first-order valence-electron chi connectivity index (χ1n) is 11.2. The molecular weight excluding hydrogens is 444 g/mol. The van der Waals surface area contributed by atoms with Crippen molar-refractivity contribution in [1.82, 2.24) is 4.90 Å². The van der Waals surface area contributed by atoms with Crippen LogP contribution >= 0.6 is 11.8 Å². The Morgan fingerprint density at radius 3 is 2.47 bits per heavy atom. The van der Waals surface area contributed by atoms with Crippen molar-refractivity contribution in [2.45, 2.75) is 31.6 Å². The summed E-state index contributed by atoms with van der Waals surface area (Å²) in [5, 5.41) is 3.04. The molecule has 2 aliphatic heterocycles. The molecule has 0 spiro atoms. The quantitative estimate of drug-likeness (QED) is 0.539. The minimum Gasteiger partial charge on any atom is -0.325 e. The van der Waals surface area contributed by atoms with Gasteiger partial charge in [0.2, 0.25) is 5.91 Å². The van der Waals surface area contributed by atoms with Crippen LogP contribution in [0.4, 0.5) is 11.4 Å². The van der Waals surface area contributed by atoms with Gasteiger partial charge in [-0.25, -0.2) is 14.9 Å². The van der Waals surface area contributed by atoms with Crippen LogP contribution < -0.4 is 5.32 Å². The molecule has 5 rings (SSSR count). The average Bonchev–Trinajstić information content (AvgIpc) is 3.22. The highest BCUT2D eigenvalue weighted by Crippen LogP contribution is 2.38. The third-order valence-electron chi connectivity index (χ3n) is 5.82. The van der Waals surface area contributed by atoms with Gasteiger partial charge >= 0.3 is 0 Å². The lowest BCUT2D eigenvalue weighted by molar-refractivity contribution is -0.124. The zero-order valence-corrected chi connectivity index (χ0v) is 19.8. The molecule has 2 amide bonds. The predicted octanol–water partition coefficient (Wildman–Crippen LogP) is 5.48. The van der Waals surface area contributed by atoms with Crippen molar-refractivity contribution in [1.29, 1.82) is 0 Å². The van der Waals surface area contributed by atoms with E-state index in [1.807, 2.05) is 92.7 Å². The topological polar surface area (TPSA) is 74.1 Å². The van der Waals surface area contributed by atoms with Crippen molar-refractivity contribution in [2.75, 3.05) is 5.32 Å². The highest BCUT2D eigenvalue weighted by molar-refractivity contribution is 8.15. The van der Waals surface area contributed by atoms with Crippen LogP contribution in [0, 0.1) is 6.92 Å². The molecule has 0 radical (unpaired) electrons. The van der Waals surface area contributed by atoms with Gasteiger partial charge in [-0.15, -0.1) is 0 Å². The van der Waals surface area contributed by atoms with Crippen LogP contribution in [0.2, 0.25) is 0 Å². The normalized spacial score (nSPS) is 17.4. The number of fused-ring (bicyclic) bond motifs is 3. The van der Waals surface area contributed by atoms with Gasteiger partial charge in [-0.2, -0.15) is 0 Å². The van der Waals surface area contributed by atoms with E-state index < -0.39 is 11.3 Å². The van der Waals surface area contributed by atoms with Crippen molar-refractivity contribution in [3.63, 3.8) is 0 Å². The molecule has 3 aromatic carbocycles.